The summed E-state index contributed by atoms with van der Waals surface area (Å²) in [5, 5.41) is 21.4. The third kappa shape index (κ3) is 3.92. The molecule has 3 atom stereocenters. The average Bonchev–Trinajstić information content (AvgIpc) is 2.71. The normalized spacial score (nSPS) is 26.6. The van der Waals surface area contributed by atoms with Crippen LogP contribution in [0.15, 0.2) is 17.1 Å². The molecule has 1 aromatic rings. The van der Waals surface area contributed by atoms with E-state index in [2.05, 4.69) is 10.3 Å². The van der Waals surface area contributed by atoms with E-state index in [1.54, 1.807) is 6.92 Å². The van der Waals surface area contributed by atoms with E-state index in [1.807, 2.05) is 0 Å². The molecule has 1 aromatic heterocycles. The number of nitrogens with one attached hydrogen (secondary N) is 1. The SMILES string of the molecule is Cc1ccn([C@@H]2O[C@H](CNCCCCO)[C@@H](O)C2(F)F)c(=O)n1. The van der Waals surface area contributed by atoms with Crippen molar-refractivity contribution in [3.63, 3.8) is 0 Å². The van der Waals surface area contributed by atoms with Crippen LogP contribution >= 0.6 is 0 Å². The molecule has 1 saturated heterocycles. The van der Waals surface area contributed by atoms with E-state index in [0.29, 0.717) is 29.6 Å². The Bertz CT molecular complexity index is 581. The van der Waals surface area contributed by atoms with Crippen molar-refractivity contribution in [1.29, 1.82) is 0 Å². The number of unbranched alkanes of at least 4 members (excludes halogenated alkanes) is 1. The Hall–Kier alpha value is -1.42. The highest BCUT2D eigenvalue weighted by molar-refractivity contribution is 5.01. The smallest absolute Gasteiger partial charge is 0.350 e. The van der Waals surface area contributed by atoms with E-state index in [9.17, 15) is 18.7 Å². The van der Waals surface area contributed by atoms with Gasteiger partial charge in [0.15, 0.2) is 0 Å². The molecule has 0 spiro atoms. The van der Waals surface area contributed by atoms with Gasteiger partial charge in [-0.25, -0.2) is 4.79 Å². The number of rotatable bonds is 7. The maximum absolute atomic E-state index is 14.2. The lowest BCUT2D eigenvalue weighted by Gasteiger charge is -2.20. The van der Waals surface area contributed by atoms with Crippen LogP contribution < -0.4 is 11.0 Å². The van der Waals surface area contributed by atoms with E-state index in [-0.39, 0.29) is 13.2 Å². The molecule has 0 radical (unpaired) electrons. The molecule has 1 aliphatic rings. The first-order valence-corrected chi connectivity index (χ1v) is 7.46. The van der Waals surface area contributed by atoms with Crippen molar-refractivity contribution in [1.82, 2.24) is 14.9 Å². The van der Waals surface area contributed by atoms with Crippen molar-refractivity contribution in [3.8, 4) is 0 Å². The van der Waals surface area contributed by atoms with Gasteiger partial charge in [-0.15, -0.1) is 0 Å². The van der Waals surface area contributed by atoms with Crippen molar-refractivity contribution >= 4 is 0 Å². The standard InChI is InChI=1S/C14H21F2N3O4/c1-9-4-6-19(13(22)18-9)12-14(15,16)11(21)10(23-12)8-17-5-2-3-7-20/h4,6,10-12,17,20-21H,2-3,5,7-8H2,1H3/t10-,11-,12-/m1/s1. The van der Waals surface area contributed by atoms with E-state index in [1.165, 1.54) is 12.3 Å². The summed E-state index contributed by atoms with van der Waals surface area (Å²) >= 11 is 0. The van der Waals surface area contributed by atoms with Gasteiger partial charge >= 0.3 is 11.6 Å². The fraction of sp³-hybridized carbons (Fsp3) is 0.714. The minimum atomic E-state index is -3.60. The molecule has 9 heteroatoms. The van der Waals surface area contributed by atoms with Crippen LogP contribution in [0.4, 0.5) is 8.78 Å². The summed E-state index contributed by atoms with van der Waals surface area (Å²) in [6.07, 6.45) is -2.58. The second kappa shape index (κ2) is 7.43. The Morgan fingerprint density at radius 3 is 2.87 bits per heavy atom. The third-order valence-corrected chi connectivity index (χ3v) is 3.71. The molecule has 0 aromatic carbocycles. The lowest BCUT2D eigenvalue weighted by molar-refractivity contribution is -0.140. The van der Waals surface area contributed by atoms with Gasteiger partial charge in [0.25, 0.3) is 0 Å². The predicted octanol–water partition coefficient (Wildman–Crippen LogP) is -0.193. The largest absolute Gasteiger partial charge is 0.396 e. The van der Waals surface area contributed by atoms with Crippen LogP contribution in [0.3, 0.4) is 0 Å². The monoisotopic (exact) mass is 333 g/mol. The summed E-state index contributed by atoms with van der Waals surface area (Å²) in [4.78, 5) is 15.4. The van der Waals surface area contributed by atoms with Gasteiger partial charge in [0.2, 0.25) is 6.23 Å². The number of aromatic nitrogens is 2. The van der Waals surface area contributed by atoms with Crippen LogP contribution in [-0.2, 0) is 4.74 Å². The number of hydrogen-bond donors (Lipinski definition) is 3. The second-order valence-electron chi connectivity index (χ2n) is 5.54. The zero-order chi connectivity index (χ0) is 17.0. The topological polar surface area (TPSA) is 96.6 Å². The van der Waals surface area contributed by atoms with Gasteiger partial charge in [-0.3, -0.25) is 4.57 Å². The Morgan fingerprint density at radius 2 is 2.22 bits per heavy atom. The third-order valence-electron chi connectivity index (χ3n) is 3.71. The maximum Gasteiger partial charge on any atom is 0.350 e. The fourth-order valence-electron chi connectivity index (χ4n) is 2.42. The molecule has 0 bridgehead atoms. The highest BCUT2D eigenvalue weighted by Gasteiger charge is 2.59. The second-order valence-corrected chi connectivity index (χ2v) is 5.54. The molecular formula is C14H21F2N3O4. The number of hydrogen-bond acceptors (Lipinski definition) is 6. The molecule has 0 aliphatic carbocycles. The summed E-state index contributed by atoms with van der Waals surface area (Å²) in [6, 6.07) is 1.42. The van der Waals surface area contributed by atoms with Crippen molar-refractivity contribution in [2.24, 2.45) is 0 Å². The number of nitrogens with zero attached hydrogens (tertiary/aromatic N) is 2. The zero-order valence-corrected chi connectivity index (χ0v) is 12.8. The average molecular weight is 333 g/mol. The summed E-state index contributed by atoms with van der Waals surface area (Å²) < 4.78 is 34.4. The van der Waals surface area contributed by atoms with Gasteiger partial charge < -0.3 is 20.3 Å². The van der Waals surface area contributed by atoms with Crippen LogP contribution in [0.25, 0.3) is 0 Å². The first kappa shape index (κ1) is 17.9. The molecule has 2 rings (SSSR count). The highest BCUT2D eigenvalue weighted by Crippen LogP contribution is 2.41. The van der Waals surface area contributed by atoms with E-state index < -0.39 is 30.0 Å². The van der Waals surface area contributed by atoms with Crippen LogP contribution in [0.2, 0.25) is 0 Å². The lowest BCUT2D eigenvalue weighted by Crippen LogP contribution is -2.43. The zero-order valence-electron chi connectivity index (χ0n) is 12.8. The number of ether oxygens (including phenoxy) is 1. The van der Waals surface area contributed by atoms with Crippen LogP contribution in [0, 0.1) is 6.92 Å². The van der Waals surface area contributed by atoms with Crippen molar-refractivity contribution < 1.29 is 23.7 Å². The minimum absolute atomic E-state index is 0.0206. The van der Waals surface area contributed by atoms with Gasteiger partial charge in [-0.2, -0.15) is 13.8 Å². The number of alkyl halides is 2. The van der Waals surface area contributed by atoms with Crippen LogP contribution in [0.1, 0.15) is 24.8 Å². The van der Waals surface area contributed by atoms with Crippen molar-refractivity contribution in [2.45, 2.75) is 44.1 Å². The first-order chi connectivity index (χ1) is 10.9. The Labute approximate surface area is 131 Å². The van der Waals surface area contributed by atoms with Gasteiger partial charge in [0.05, 0.1) is 0 Å². The van der Waals surface area contributed by atoms with E-state index in [4.69, 9.17) is 9.84 Å². The maximum atomic E-state index is 14.2. The molecule has 1 aliphatic heterocycles. The number of aryl methyl sites for hydroxylation is 1. The van der Waals surface area contributed by atoms with Crippen molar-refractivity contribution in [3.05, 3.63) is 28.4 Å². The van der Waals surface area contributed by atoms with E-state index in [0.717, 1.165) is 0 Å². The quantitative estimate of drug-likeness (QED) is 0.599. The van der Waals surface area contributed by atoms with Crippen LogP contribution in [0.5, 0.6) is 0 Å². The molecule has 7 nitrogen and oxygen atoms in total. The summed E-state index contributed by atoms with van der Waals surface area (Å²) in [7, 11) is 0. The molecule has 0 saturated carbocycles. The molecule has 1 fully saturated rings. The number of aliphatic hydroxyl groups is 2. The molecule has 0 unspecified atom stereocenters. The van der Waals surface area contributed by atoms with Gasteiger partial charge in [0.1, 0.15) is 12.2 Å². The van der Waals surface area contributed by atoms with Crippen LogP contribution in [-0.4, -0.2) is 57.6 Å². The first-order valence-electron chi connectivity index (χ1n) is 7.46. The van der Waals surface area contributed by atoms with Gasteiger partial charge in [-0.05, 0) is 32.4 Å². The molecule has 0 amide bonds. The lowest BCUT2D eigenvalue weighted by atomic mass is 10.1. The van der Waals surface area contributed by atoms with Gasteiger partial charge in [-0.1, -0.05) is 0 Å². The summed E-state index contributed by atoms with van der Waals surface area (Å²) in [6.45, 7) is 2.17. The molecule has 130 valence electrons. The molecule has 2 heterocycles. The van der Waals surface area contributed by atoms with Crippen molar-refractivity contribution in [2.75, 3.05) is 19.7 Å². The van der Waals surface area contributed by atoms with Gasteiger partial charge in [0, 0.05) is 25.0 Å². The summed E-state index contributed by atoms with van der Waals surface area (Å²) in [5.41, 5.74) is -0.436. The molecular weight excluding hydrogens is 312 g/mol. The Balaban J connectivity index is 2.06. The van der Waals surface area contributed by atoms with E-state index >= 15 is 0 Å². The predicted molar refractivity (Wildman–Crippen MR) is 77.3 cm³/mol. The number of aliphatic hydroxyl groups excluding tert-OH is 2. The Morgan fingerprint density at radius 1 is 1.48 bits per heavy atom. The fourth-order valence-corrected chi connectivity index (χ4v) is 2.42. The Kier molecular flexibility index (Phi) is 5.79. The minimum Gasteiger partial charge on any atom is -0.396 e. The molecule has 23 heavy (non-hydrogen) atoms. The molecule has 3 N–H and O–H groups in total. The number of halogens is 2. The summed E-state index contributed by atoms with van der Waals surface area (Å²) in [5.74, 6) is -3.60. The highest BCUT2D eigenvalue weighted by atomic mass is 19.3.